The molecule has 17 heavy (non-hydrogen) atoms. The van der Waals surface area contributed by atoms with E-state index in [9.17, 15) is 4.79 Å². The third-order valence-electron chi connectivity index (χ3n) is 2.66. The predicted molar refractivity (Wildman–Crippen MR) is 65.8 cm³/mol. The van der Waals surface area contributed by atoms with Crippen molar-refractivity contribution in [3.8, 4) is 0 Å². The molecule has 0 bridgehead atoms. The molecule has 0 aromatic carbocycles. The second-order valence-electron chi connectivity index (χ2n) is 3.94. The van der Waals surface area contributed by atoms with Crippen LogP contribution >= 0.6 is 0 Å². The molecule has 6 nitrogen and oxygen atoms in total. The number of rotatable bonds is 1. The molecule has 6 heteroatoms. The molecular weight excluding hydrogens is 218 g/mol. The predicted octanol–water partition coefficient (Wildman–Crippen LogP) is 1.01. The van der Waals surface area contributed by atoms with Crippen molar-refractivity contribution >= 4 is 28.7 Å². The first kappa shape index (κ1) is 11.3. The van der Waals surface area contributed by atoms with Crippen molar-refractivity contribution < 1.29 is 4.79 Å². The molecule has 88 valence electrons. The summed E-state index contributed by atoms with van der Waals surface area (Å²) in [6.07, 6.45) is 3.19. The summed E-state index contributed by atoms with van der Waals surface area (Å²) in [5.74, 6) is 0.409. The van der Waals surface area contributed by atoms with Crippen molar-refractivity contribution in [2.75, 3.05) is 5.73 Å². The van der Waals surface area contributed by atoms with E-state index in [-0.39, 0.29) is 17.9 Å². The minimum absolute atomic E-state index is 0.0118. The van der Waals surface area contributed by atoms with Crippen LogP contribution in [0.5, 0.6) is 0 Å². The Morgan fingerprint density at radius 1 is 1.59 bits per heavy atom. The molecule has 3 N–H and O–H groups in total. The summed E-state index contributed by atoms with van der Waals surface area (Å²) >= 11 is 0. The van der Waals surface area contributed by atoms with Crippen LogP contribution in [0.3, 0.4) is 0 Å². The molecule has 0 fully saturated rings. The van der Waals surface area contributed by atoms with Crippen molar-refractivity contribution in [2.45, 2.75) is 13.3 Å². The molecule has 0 unspecified atom stereocenters. The molecule has 1 aromatic heterocycles. The largest absolute Gasteiger partial charge is 0.382 e. The fourth-order valence-corrected chi connectivity index (χ4v) is 1.53. The normalized spacial score (nSPS) is 18.7. The lowest BCUT2D eigenvalue weighted by atomic mass is 9.96. The lowest BCUT2D eigenvalue weighted by Gasteiger charge is -2.11. The van der Waals surface area contributed by atoms with Gasteiger partial charge in [-0.25, -0.2) is 4.99 Å². The zero-order chi connectivity index (χ0) is 12.6. The van der Waals surface area contributed by atoms with E-state index in [2.05, 4.69) is 10.1 Å². The quantitative estimate of drug-likeness (QED) is 0.754. The first-order valence-corrected chi connectivity index (χ1v) is 5.14. The SMILES string of the molecule is CC1=CC(=N)C(=Nc2cnn(C)c2N)CC1=O. The number of aryl methyl sites for hydroxylation is 1. The van der Waals surface area contributed by atoms with Gasteiger partial charge in [-0.05, 0) is 18.6 Å². The van der Waals surface area contributed by atoms with Gasteiger partial charge < -0.3 is 5.73 Å². The number of carbonyl (C=O) groups excluding carboxylic acids is 1. The molecule has 0 saturated carbocycles. The maximum absolute atomic E-state index is 11.5. The highest BCUT2D eigenvalue weighted by Crippen LogP contribution is 2.22. The summed E-state index contributed by atoms with van der Waals surface area (Å²) in [7, 11) is 1.71. The summed E-state index contributed by atoms with van der Waals surface area (Å²) in [5.41, 5.74) is 7.52. The Hall–Kier alpha value is -2.24. The van der Waals surface area contributed by atoms with Crippen LogP contribution in [0, 0.1) is 5.41 Å². The maximum Gasteiger partial charge on any atom is 0.164 e. The van der Waals surface area contributed by atoms with Gasteiger partial charge in [0.15, 0.2) is 5.78 Å². The number of nitrogens with one attached hydrogen (secondary N) is 1. The topological polar surface area (TPSA) is 97.1 Å². The highest BCUT2D eigenvalue weighted by molar-refractivity contribution is 6.51. The molecule has 0 atom stereocenters. The molecule has 0 spiro atoms. The zero-order valence-electron chi connectivity index (χ0n) is 9.69. The van der Waals surface area contributed by atoms with Crippen LogP contribution in [0.4, 0.5) is 11.5 Å². The average Bonchev–Trinajstić information content (AvgIpc) is 2.58. The molecule has 1 aliphatic carbocycles. The fourth-order valence-electron chi connectivity index (χ4n) is 1.53. The second-order valence-corrected chi connectivity index (χ2v) is 3.94. The highest BCUT2D eigenvalue weighted by Gasteiger charge is 2.19. The van der Waals surface area contributed by atoms with Crippen molar-refractivity contribution in [1.29, 1.82) is 5.41 Å². The molecule has 0 amide bonds. The lowest BCUT2D eigenvalue weighted by Crippen LogP contribution is -2.22. The minimum atomic E-state index is -0.0118. The molecule has 2 rings (SSSR count). The van der Waals surface area contributed by atoms with Crippen LogP contribution in [0.25, 0.3) is 0 Å². The van der Waals surface area contributed by atoms with E-state index in [1.165, 1.54) is 17.0 Å². The van der Waals surface area contributed by atoms with Crippen LogP contribution in [-0.2, 0) is 11.8 Å². The lowest BCUT2D eigenvalue weighted by molar-refractivity contribution is -0.114. The third-order valence-corrected chi connectivity index (χ3v) is 2.66. The molecule has 1 heterocycles. The van der Waals surface area contributed by atoms with Gasteiger partial charge in [0.05, 0.1) is 24.0 Å². The van der Waals surface area contributed by atoms with Crippen molar-refractivity contribution in [3.63, 3.8) is 0 Å². The van der Waals surface area contributed by atoms with Crippen LogP contribution in [-0.4, -0.2) is 27.0 Å². The van der Waals surface area contributed by atoms with Crippen molar-refractivity contribution in [3.05, 3.63) is 17.8 Å². The van der Waals surface area contributed by atoms with Gasteiger partial charge in [-0.2, -0.15) is 5.10 Å². The number of aromatic nitrogens is 2. The smallest absolute Gasteiger partial charge is 0.164 e. The first-order valence-electron chi connectivity index (χ1n) is 5.14. The van der Waals surface area contributed by atoms with E-state index in [4.69, 9.17) is 11.1 Å². The third kappa shape index (κ3) is 2.01. The fraction of sp³-hybridized carbons (Fsp3) is 0.273. The average molecular weight is 231 g/mol. The Morgan fingerprint density at radius 3 is 2.88 bits per heavy atom. The number of allylic oxidation sites excluding steroid dienone is 2. The van der Waals surface area contributed by atoms with Crippen molar-refractivity contribution in [2.24, 2.45) is 12.0 Å². The number of Topliss-reactive ketones (excluding diaryl/α,β-unsaturated/α-hetero) is 1. The molecule has 0 saturated heterocycles. The second kappa shape index (κ2) is 3.97. The van der Waals surface area contributed by atoms with E-state index in [0.717, 1.165) is 0 Å². The maximum atomic E-state index is 11.5. The van der Waals surface area contributed by atoms with E-state index < -0.39 is 0 Å². The highest BCUT2D eigenvalue weighted by atomic mass is 16.1. The number of nitrogens with zero attached hydrogens (tertiary/aromatic N) is 3. The number of hydrogen-bond donors (Lipinski definition) is 2. The molecule has 1 aromatic rings. The van der Waals surface area contributed by atoms with Crippen LogP contribution in [0.15, 0.2) is 22.8 Å². The molecular formula is C11H13N5O. The molecule has 1 aliphatic rings. The van der Waals surface area contributed by atoms with Gasteiger partial charge in [-0.15, -0.1) is 0 Å². The summed E-state index contributed by atoms with van der Waals surface area (Å²) in [6, 6.07) is 0. The van der Waals surface area contributed by atoms with Gasteiger partial charge in [0, 0.05) is 7.05 Å². The van der Waals surface area contributed by atoms with Gasteiger partial charge in [-0.1, -0.05) is 0 Å². The number of anilines is 1. The number of ketones is 1. The Balaban J connectivity index is 2.39. The van der Waals surface area contributed by atoms with Crippen LogP contribution in [0.1, 0.15) is 13.3 Å². The molecule has 0 aliphatic heterocycles. The number of carbonyl (C=O) groups is 1. The standard InChI is InChI=1S/C11H13N5O/c1-6-3-7(12)8(4-10(6)17)15-9-5-14-16(2)11(9)13/h3,5,12H,4,13H2,1-2H3. The van der Waals surface area contributed by atoms with E-state index in [1.807, 2.05) is 0 Å². The van der Waals surface area contributed by atoms with E-state index in [1.54, 1.807) is 14.0 Å². The number of nitrogens with two attached hydrogens (primary N) is 1. The van der Waals surface area contributed by atoms with Gasteiger partial charge in [0.1, 0.15) is 11.5 Å². The number of aliphatic imine (C=N–C) groups is 1. The van der Waals surface area contributed by atoms with Gasteiger partial charge in [-0.3, -0.25) is 14.9 Å². The Labute approximate surface area is 98.3 Å². The van der Waals surface area contributed by atoms with Crippen LogP contribution < -0.4 is 5.73 Å². The van der Waals surface area contributed by atoms with E-state index >= 15 is 0 Å². The summed E-state index contributed by atoms with van der Waals surface area (Å²) in [4.78, 5) is 15.8. The Morgan fingerprint density at radius 2 is 2.29 bits per heavy atom. The first-order chi connectivity index (χ1) is 7.99. The Bertz CT molecular complexity index is 564. The van der Waals surface area contributed by atoms with Crippen molar-refractivity contribution in [1.82, 2.24) is 9.78 Å². The summed E-state index contributed by atoms with van der Waals surface area (Å²) in [5, 5.41) is 11.7. The summed E-state index contributed by atoms with van der Waals surface area (Å²) < 4.78 is 1.49. The van der Waals surface area contributed by atoms with Crippen LogP contribution in [0.2, 0.25) is 0 Å². The molecule has 0 radical (unpaired) electrons. The monoisotopic (exact) mass is 231 g/mol. The minimum Gasteiger partial charge on any atom is -0.382 e. The zero-order valence-corrected chi connectivity index (χ0v) is 9.69. The number of nitrogen functional groups attached to an aromatic ring is 1. The summed E-state index contributed by atoms with van der Waals surface area (Å²) in [6.45, 7) is 1.70. The van der Waals surface area contributed by atoms with E-state index in [0.29, 0.717) is 22.8 Å². The van der Waals surface area contributed by atoms with Gasteiger partial charge in [0.2, 0.25) is 0 Å². The number of hydrogen-bond acceptors (Lipinski definition) is 5. The van der Waals surface area contributed by atoms with Gasteiger partial charge >= 0.3 is 0 Å². The Kier molecular flexibility index (Phi) is 2.63. The van der Waals surface area contributed by atoms with Gasteiger partial charge in [0.25, 0.3) is 0 Å².